The number of nitrogens with one attached hydrogen (secondary N) is 1. The molecule has 0 aliphatic carbocycles. The lowest BCUT2D eigenvalue weighted by Gasteiger charge is -2.17. The van der Waals surface area contributed by atoms with E-state index in [-0.39, 0.29) is 17.9 Å². The van der Waals surface area contributed by atoms with E-state index < -0.39 is 42.1 Å². The maximum absolute atomic E-state index is 11.7. The minimum Gasteiger partial charge on any atom is -0.481 e. The average molecular weight is 421 g/mol. The predicted octanol–water partition coefficient (Wildman–Crippen LogP) is -0.537. The van der Waals surface area contributed by atoms with E-state index >= 15 is 0 Å². The Labute approximate surface area is 156 Å². The third kappa shape index (κ3) is 15.9. The van der Waals surface area contributed by atoms with Gasteiger partial charge in [-0.2, -0.15) is 13.2 Å². The summed E-state index contributed by atoms with van der Waals surface area (Å²) in [7, 11) is 0. The van der Waals surface area contributed by atoms with Crippen LogP contribution in [0.25, 0.3) is 0 Å². The Balaban J connectivity index is 0. The molecule has 10 nitrogen and oxygen atoms in total. The fourth-order valence-electron chi connectivity index (χ4n) is 1.38. The molecule has 1 amide bonds. The number of carboxylic acids is 3. The molecule has 0 spiro atoms. The third-order valence-electron chi connectivity index (χ3n) is 2.66. The molecule has 0 rings (SSSR count). The second-order valence-corrected chi connectivity index (χ2v) is 6.03. The van der Waals surface area contributed by atoms with Crippen molar-refractivity contribution in [3.63, 3.8) is 0 Å². The van der Waals surface area contributed by atoms with Crippen LogP contribution >= 0.6 is 11.8 Å². The van der Waals surface area contributed by atoms with E-state index in [0.717, 1.165) is 11.8 Å². The van der Waals surface area contributed by atoms with Gasteiger partial charge in [0.05, 0.1) is 11.8 Å². The van der Waals surface area contributed by atoms with Gasteiger partial charge in [-0.15, -0.1) is 11.8 Å². The maximum Gasteiger partial charge on any atom is 0.490 e. The van der Waals surface area contributed by atoms with E-state index in [2.05, 4.69) is 5.32 Å². The smallest absolute Gasteiger partial charge is 0.481 e. The van der Waals surface area contributed by atoms with Gasteiger partial charge < -0.3 is 32.1 Å². The van der Waals surface area contributed by atoms with Gasteiger partial charge in [0.2, 0.25) is 5.91 Å². The molecule has 0 bridgehead atoms. The van der Waals surface area contributed by atoms with Gasteiger partial charge in [0.1, 0.15) is 6.04 Å². The van der Waals surface area contributed by atoms with Gasteiger partial charge in [0.15, 0.2) is 0 Å². The molecule has 0 saturated heterocycles. The fraction of sp³-hybridized carbons (Fsp3) is 0.692. The zero-order chi connectivity index (χ0) is 21.6. The summed E-state index contributed by atoms with van der Waals surface area (Å²) in [5, 5.41) is 26.9. The Morgan fingerprint density at radius 2 is 1.59 bits per heavy atom. The zero-order valence-electron chi connectivity index (χ0n) is 14.1. The van der Waals surface area contributed by atoms with E-state index in [1.54, 1.807) is 0 Å². The van der Waals surface area contributed by atoms with Crippen LogP contribution in [0.1, 0.15) is 19.3 Å². The summed E-state index contributed by atoms with van der Waals surface area (Å²) in [6.45, 7) is 0.464. The molecule has 8 N–H and O–H groups in total. The van der Waals surface area contributed by atoms with Crippen LogP contribution in [-0.4, -0.2) is 75.4 Å². The molecule has 27 heavy (non-hydrogen) atoms. The number of unbranched alkanes of at least 4 members (excludes halogenated alkanes) is 1. The first-order valence-electron chi connectivity index (χ1n) is 7.41. The number of halogens is 3. The van der Waals surface area contributed by atoms with Gasteiger partial charge in [0.25, 0.3) is 0 Å². The van der Waals surface area contributed by atoms with E-state index in [0.29, 0.717) is 19.4 Å². The van der Waals surface area contributed by atoms with Gasteiger partial charge in [-0.25, -0.2) is 9.59 Å². The Hall–Kier alpha value is -2.06. The Morgan fingerprint density at radius 1 is 1.07 bits per heavy atom. The molecule has 158 valence electrons. The first kappa shape index (κ1) is 27.2. The standard InChI is InChI=1S/C11H21N3O5S.C2HF3O2/c12-4-2-1-3-8(11(18)19)14-10(17)7(13)5-20-6-9(15)16;3-2(4,5)1(6)7/h7-8H,1-6,12-13H2,(H,14,17)(H,15,16)(H,18,19);(H,6,7)/t7-,8-;/m0./s1. The molecule has 0 fully saturated rings. The monoisotopic (exact) mass is 421 g/mol. The van der Waals surface area contributed by atoms with Crippen molar-refractivity contribution in [3.8, 4) is 0 Å². The molecular formula is C13H22F3N3O7S. The van der Waals surface area contributed by atoms with Crippen LogP contribution in [0.5, 0.6) is 0 Å². The van der Waals surface area contributed by atoms with Gasteiger partial charge in [-0.3, -0.25) is 9.59 Å². The highest BCUT2D eigenvalue weighted by Crippen LogP contribution is 2.13. The number of aliphatic carboxylic acids is 3. The molecule has 0 aromatic carbocycles. The molecule has 0 saturated carbocycles. The summed E-state index contributed by atoms with van der Waals surface area (Å²) in [5.41, 5.74) is 10.9. The molecule has 0 unspecified atom stereocenters. The van der Waals surface area contributed by atoms with Crippen LogP contribution in [0.4, 0.5) is 13.2 Å². The molecule has 0 radical (unpaired) electrons. The van der Waals surface area contributed by atoms with Crippen molar-refractivity contribution in [1.82, 2.24) is 5.32 Å². The van der Waals surface area contributed by atoms with Crippen molar-refractivity contribution in [2.75, 3.05) is 18.1 Å². The predicted molar refractivity (Wildman–Crippen MR) is 89.1 cm³/mol. The second-order valence-electron chi connectivity index (χ2n) is 5.00. The van der Waals surface area contributed by atoms with Crippen LogP contribution in [0.3, 0.4) is 0 Å². The molecule has 0 aromatic heterocycles. The molecule has 0 aliphatic rings. The van der Waals surface area contributed by atoms with Crippen molar-refractivity contribution in [1.29, 1.82) is 0 Å². The average Bonchev–Trinajstić information content (AvgIpc) is 2.52. The summed E-state index contributed by atoms with van der Waals surface area (Å²) in [4.78, 5) is 41.9. The number of carbonyl (C=O) groups is 4. The number of rotatable bonds is 11. The maximum atomic E-state index is 11.7. The SMILES string of the molecule is NCCCC[C@H](NC(=O)[C@@H](N)CSCC(=O)O)C(=O)O.O=C(O)C(F)(F)F. The summed E-state index contributed by atoms with van der Waals surface area (Å²) in [6.07, 6.45) is -3.52. The Kier molecular flexibility index (Phi) is 14.1. The lowest BCUT2D eigenvalue weighted by Crippen LogP contribution is -2.49. The van der Waals surface area contributed by atoms with E-state index in [9.17, 15) is 27.6 Å². The normalized spacial score (nSPS) is 12.9. The number of nitrogens with two attached hydrogens (primary N) is 2. The third-order valence-corrected chi connectivity index (χ3v) is 3.71. The van der Waals surface area contributed by atoms with Crippen molar-refractivity contribution in [2.24, 2.45) is 11.5 Å². The van der Waals surface area contributed by atoms with Crippen LogP contribution in [0, 0.1) is 0 Å². The molecule has 0 heterocycles. The fourth-order valence-corrected chi connectivity index (χ4v) is 2.08. The van der Waals surface area contributed by atoms with Crippen LogP contribution in [0.2, 0.25) is 0 Å². The summed E-state index contributed by atoms with van der Waals surface area (Å²) >= 11 is 1.01. The van der Waals surface area contributed by atoms with Gasteiger partial charge in [-0.1, -0.05) is 0 Å². The number of thioether (sulfide) groups is 1. The van der Waals surface area contributed by atoms with E-state index in [4.69, 9.17) is 31.6 Å². The minimum absolute atomic E-state index is 0.118. The second kappa shape index (κ2) is 14.1. The van der Waals surface area contributed by atoms with Crippen molar-refractivity contribution in [3.05, 3.63) is 0 Å². The molecule has 2 atom stereocenters. The van der Waals surface area contributed by atoms with Gasteiger partial charge >= 0.3 is 24.1 Å². The van der Waals surface area contributed by atoms with Crippen molar-refractivity contribution < 1.29 is 47.7 Å². The Morgan fingerprint density at radius 3 is 1.96 bits per heavy atom. The number of hydrogen-bond acceptors (Lipinski definition) is 7. The molecular weight excluding hydrogens is 399 g/mol. The van der Waals surface area contributed by atoms with Gasteiger partial charge in [-0.05, 0) is 25.8 Å². The highest BCUT2D eigenvalue weighted by Gasteiger charge is 2.38. The number of hydrogen-bond donors (Lipinski definition) is 6. The van der Waals surface area contributed by atoms with Crippen molar-refractivity contribution in [2.45, 2.75) is 37.5 Å². The number of amides is 1. The largest absolute Gasteiger partial charge is 0.490 e. The van der Waals surface area contributed by atoms with Crippen LogP contribution in [0.15, 0.2) is 0 Å². The van der Waals surface area contributed by atoms with E-state index in [1.807, 2.05) is 0 Å². The lowest BCUT2D eigenvalue weighted by molar-refractivity contribution is -0.192. The van der Waals surface area contributed by atoms with Crippen LogP contribution in [-0.2, 0) is 19.2 Å². The quantitative estimate of drug-likeness (QED) is 0.236. The number of carbonyl (C=O) groups excluding carboxylic acids is 1. The first-order chi connectivity index (χ1) is 12.3. The zero-order valence-corrected chi connectivity index (χ0v) is 14.9. The topological polar surface area (TPSA) is 193 Å². The summed E-state index contributed by atoms with van der Waals surface area (Å²) in [6, 6.07) is -1.93. The molecule has 14 heteroatoms. The Bertz CT molecular complexity index is 506. The summed E-state index contributed by atoms with van der Waals surface area (Å²) in [5.74, 6) is -5.50. The van der Waals surface area contributed by atoms with E-state index in [1.165, 1.54) is 0 Å². The summed E-state index contributed by atoms with van der Waals surface area (Å²) < 4.78 is 31.7. The minimum atomic E-state index is -5.08. The highest BCUT2D eigenvalue weighted by molar-refractivity contribution is 8.00. The first-order valence-corrected chi connectivity index (χ1v) is 8.56. The molecule has 0 aromatic rings. The number of carboxylic acid groups (broad SMARTS) is 3. The van der Waals surface area contributed by atoms with Crippen LogP contribution < -0.4 is 16.8 Å². The van der Waals surface area contributed by atoms with Gasteiger partial charge in [0, 0.05) is 5.75 Å². The number of alkyl halides is 3. The van der Waals surface area contributed by atoms with Crippen molar-refractivity contribution >= 4 is 35.6 Å². The lowest BCUT2D eigenvalue weighted by atomic mass is 10.1. The molecule has 0 aliphatic heterocycles. The highest BCUT2D eigenvalue weighted by atomic mass is 32.2.